The molecule has 0 fully saturated rings. The Morgan fingerprint density at radius 1 is 0.338 bits per heavy atom. The third kappa shape index (κ3) is 54.9. The number of amides is 1. The summed E-state index contributed by atoms with van der Waals surface area (Å²) >= 11 is 0. The maximum atomic E-state index is 14.3. The molecule has 15 nitrogen and oxygen atoms in total. The fraction of sp³-hybridized carbons (Fsp3) is 0.954. The second kappa shape index (κ2) is 64.3. The molecule has 1 N–H and O–H groups in total. The summed E-state index contributed by atoms with van der Waals surface area (Å²) in [5.41, 5.74) is 0. The molecule has 0 aromatic carbocycles. The lowest BCUT2D eigenvalue weighted by Gasteiger charge is -2.28. The normalized spacial score (nSPS) is 12.6. The molecule has 80 heavy (non-hydrogen) atoms. The first-order valence-electron chi connectivity index (χ1n) is 33.4. The minimum Gasteiger partial charge on any atom is -0.434 e. The molecule has 0 radical (unpaired) electrons. The molecule has 0 aliphatic carbocycles. The van der Waals surface area contributed by atoms with Crippen molar-refractivity contribution < 1.29 is 66.9 Å². The molecule has 0 aromatic rings. The molecule has 0 spiro atoms. The quantitative estimate of drug-likeness (QED) is 0.0451. The second-order valence-electron chi connectivity index (χ2n) is 22.0. The van der Waals surface area contributed by atoms with Gasteiger partial charge in [0.15, 0.2) is 6.10 Å². The Bertz CT molecular complexity index is 1280. The van der Waals surface area contributed by atoms with Gasteiger partial charge in [-0.05, 0) is 96.3 Å². The average molecular weight is 1150 g/mol. The molecule has 15 heteroatoms. The Balaban J connectivity index is 5.28. The summed E-state index contributed by atoms with van der Waals surface area (Å²) in [5.74, 6) is -0.0789. The highest BCUT2D eigenvalue weighted by atomic mass is 16.7. The number of carbonyl (C=O) groups is 3. The van der Waals surface area contributed by atoms with E-state index in [1.807, 2.05) is 4.90 Å². The number of rotatable bonds is 65. The van der Waals surface area contributed by atoms with Gasteiger partial charge in [0.25, 0.3) is 5.91 Å². The molecule has 0 saturated heterocycles. The number of aliphatic hydroxyl groups excluding tert-OH is 1. The Morgan fingerprint density at radius 2 is 0.675 bits per heavy atom. The minimum absolute atomic E-state index is 0.00301. The van der Waals surface area contributed by atoms with Crippen molar-refractivity contribution in [3.05, 3.63) is 0 Å². The summed E-state index contributed by atoms with van der Waals surface area (Å²) in [6.45, 7) is 17.2. The van der Waals surface area contributed by atoms with Gasteiger partial charge in [-0.2, -0.15) is 0 Å². The molecule has 0 aliphatic heterocycles. The van der Waals surface area contributed by atoms with E-state index in [-0.39, 0.29) is 31.3 Å². The Hall–Kier alpha value is -2.27. The minimum atomic E-state index is -0.743. The highest BCUT2D eigenvalue weighted by molar-refractivity contribution is 5.81. The van der Waals surface area contributed by atoms with E-state index in [4.69, 9.17) is 52.5 Å². The van der Waals surface area contributed by atoms with Crippen molar-refractivity contribution in [3.8, 4) is 0 Å². The molecule has 3 atom stereocenters. The first kappa shape index (κ1) is 77.7. The zero-order valence-corrected chi connectivity index (χ0v) is 52.6. The van der Waals surface area contributed by atoms with Crippen LogP contribution in [-0.4, -0.2) is 152 Å². The van der Waals surface area contributed by atoms with Crippen molar-refractivity contribution in [2.24, 2.45) is 0 Å². The lowest BCUT2D eigenvalue weighted by molar-refractivity contribution is -0.149. The molecular weight excluding hydrogens is 1020 g/mol. The van der Waals surface area contributed by atoms with Gasteiger partial charge in [-0.25, -0.2) is 9.59 Å². The van der Waals surface area contributed by atoms with Crippen molar-refractivity contribution in [3.63, 3.8) is 0 Å². The number of hydrogen-bond acceptors (Lipinski definition) is 14. The van der Waals surface area contributed by atoms with Crippen LogP contribution < -0.4 is 0 Å². The molecule has 476 valence electrons. The van der Waals surface area contributed by atoms with Crippen molar-refractivity contribution in [2.75, 3.05) is 106 Å². The van der Waals surface area contributed by atoms with Crippen molar-refractivity contribution >= 4 is 18.2 Å². The van der Waals surface area contributed by atoms with E-state index in [0.717, 1.165) is 122 Å². The third-order valence-corrected chi connectivity index (χ3v) is 14.5. The predicted octanol–water partition coefficient (Wildman–Crippen LogP) is 16.2. The van der Waals surface area contributed by atoms with Gasteiger partial charge >= 0.3 is 12.3 Å². The molecule has 1 amide bonds. The number of nitrogens with zero attached hydrogens (tertiary/aromatic N) is 1. The first-order valence-corrected chi connectivity index (χ1v) is 33.4. The molecule has 3 unspecified atom stereocenters. The van der Waals surface area contributed by atoms with Crippen LogP contribution in [0.3, 0.4) is 0 Å². The summed E-state index contributed by atoms with van der Waals surface area (Å²) in [7, 11) is 0. The van der Waals surface area contributed by atoms with Gasteiger partial charge in [-0.3, -0.25) is 4.79 Å². The number of hydrogen-bond donors (Lipinski definition) is 1. The van der Waals surface area contributed by atoms with Crippen LogP contribution in [0.15, 0.2) is 0 Å². The van der Waals surface area contributed by atoms with Crippen LogP contribution in [0.25, 0.3) is 0 Å². The van der Waals surface area contributed by atoms with Crippen LogP contribution in [0, 0.1) is 0 Å². The number of aliphatic hydroxyl groups is 1. The van der Waals surface area contributed by atoms with E-state index in [2.05, 4.69) is 34.6 Å². The maximum Gasteiger partial charge on any atom is 0.508 e. The maximum absolute atomic E-state index is 14.3. The lowest BCUT2D eigenvalue weighted by atomic mass is 10.0. The number of unbranched alkanes of at least 4 members (excludes halogenated alkanes) is 27. The Labute approximate surface area is 490 Å². The van der Waals surface area contributed by atoms with E-state index >= 15 is 0 Å². The lowest BCUT2D eigenvalue weighted by Crippen LogP contribution is -2.45. The molecule has 0 saturated carbocycles. The SMILES string of the molecule is CCCCCCCCC(CCCCCC)OC(=O)OCCCCCCOCC(OCCCCCCOC(=O)OC(CCCCCC)CCCCCCCC)C(=O)N(CCCCCCCC)CCOCCOCCOCCOCCO. The van der Waals surface area contributed by atoms with E-state index < -0.39 is 18.4 Å². The zero-order chi connectivity index (χ0) is 58.3. The number of ether oxygens (including phenoxy) is 10. The largest absolute Gasteiger partial charge is 0.508 e. The Morgan fingerprint density at radius 3 is 1.10 bits per heavy atom. The molecule has 0 aliphatic rings. The summed E-state index contributed by atoms with van der Waals surface area (Å²) in [6.07, 6.45) is 38.9. The third-order valence-electron chi connectivity index (χ3n) is 14.5. The van der Waals surface area contributed by atoms with Gasteiger partial charge in [0.1, 0.15) is 12.2 Å². The second-order valence-corrected chi connectivity index (χ2v) is 22.0. The zero-order valence-electron chi connectivity index (χ0n) is 52.6. The van der Waals surface area contributed by atoms with E-state index in [1.54, 1.807) is 0 Å². The fourth-order valence-electron chi connectivity index (χ4n) is 9.52. The summed E-state index contributed by atoms with van der Waals surface area (Å²) < 4.78 is 57.6. The smallest absolute Gasteiger partial charge is 0.434 e. The van der Waals surface area contributed by atoms with Crippen LogP contribution in [0.2, 0.25) is 0 Å². The highest BCUT2D eigenvalue weighted by Crippen LogP contribution is 2.19. The van der Waals surface area contributed by atoms with Crippen LogP contribution in [-0.2, 0) is 52.2 Å². The van der Waals surface area contributed by atoms with Crippen molar-refractivity contribution in [1.82, 2.24) is 4.90 Å². The van der Waals surface area contributed by atoms with Gasteiger partial charge in [-0.1, -0.05) is 182 Å². The van der Waals surface area contributed by atoms with Gasteiger partial charge in [0.2, 0.25) is 0 Å². The van der Waals surface area contributed by atoms with Crippen molar-refractivity contribution in [2.45, 2.75) is 297 Å². The van der Waals surface area contributed by atoms with Crippen molar-refractivity contribution in [1.29, 1.82) is 0 Å². The van der Waals surface area contributed by atoms with Crippen LogP contribution in [0.1, 0.15) is 279 Å². The standard InChI is InChI=1S/C65H127NO14/c1-6-11-16-21-24-33-42-60(40-31-19-14-9-4)79-64(69)77-49-38-28-27-36-47-75-59-62(63(68)66(44-35-26-23-18-13-8-3)45-51-71-53-55-73-57-58-74-56-54-72-52-46-67)76-48-37-29-30-39-50-78-65(70)80-61(41-32-20-15-10-5)43-34-25-22-17-12-7-2/h60-62,67H,6-59H2,1-5H3. The molecule has 0 heterocycles. The Kier molecular flexibility index (Phi) is 62.5. The van der Waals surface area contributed by atoms with Gasteiger partial charge in [0.05, 0.1) is 79.3 Å². The van der Waals surface area contributed by atoms with Crippen LogP contribution in [0.4, 0.5) is 9.59 Å². The van der Waals surface area contributed by atoms with Crippen LogP contribution in [0.5, 0.6) is 0 Å². The summed E-state index contributed by atoms with van der Waals surface area (Å²) in [5, 5.41) is 8.82. The first-order chi connectivity index (χ1) is 39.4. The van der Waals surface area contributed by atoms with Crippen LogP contribution >= 0.6 is 0 Å². The van der Waals surface area contributed by atoms with Gasteiger partial charge in [0, 0.05) is 26.3 Å². The topological polar surface area (TPSA) is 167 Å². The summed E-state index contributed by atoms with van der Waals surface area (Å²) in [6, 6.07) is 0. The predicted molar refractivity (Wildman–Crippen MR) is 324 cm³/mol. The van der Waals surface area contributed by atoms with Gasteiger partial charge < -0.3 is 57.4 Å². The monoisotopic (exact) mass is 1150 g/mol. The molecule has 0 aromatic heterocycles. The molecule has 0 rings (SSSR count). The van der Waals surface area contributed by atoms with Gasteiger partial charge in [-0.15, -0.1) is 0 Å². The summed E-state index contributed by atoms with van der Waals surface area (Å²) in [4.78, 5) is 41.6. The average Bonchev–Trinajstić information content (AvgIpc) is 3.46. The molecule has 0 bridgehead atoms. The number of carbonyl (C=O) groups excluding carboxylic acids is 3. The van der Waals surface area contributed by atoms with E-state index in [0.29, 0.717) is 92.4 Å². The highest BCUT2D eigenvalue weighted by Gasteiger charge is 2.26. The molecular formula is C65H127NO14. The van der Waals surface area contributed by atoms with E-state index in [1.165, 1.54) is 122 Å². The van der Waals surface area contributed by atoms with E-state index in [9.17, 15) is 14.4 Å². The fourth-order valence-corrected chi connectivity index (χ4v) is 9.52.